The second-order valence-electron chi connectivity index (χ2n) is 9.37. The minimum atomic E-state index is -0.242. The molecule has 3 aromatic rings. The Balaban J connectivity index is 1.27. The van der Waals surface area contributed by atoms with Crippen molar-refractivity contribution in [1.29, 1.82) is 0 Å². The first-order valence-electron chi connectivity index (χ1n) is 11.7. The Hall–Kier alpha value is -3.65. The highest BCUT2D eigenvalue weighted by molar-refractivity contribution is 6.08. The van der Waals surface area contributed by atoms with Crippen molar-refractivity contribution in [2.75, 3.05) is 32.0 Å². The average Bonchev–Trinajstić information content (AvgIpc) is 3.23. The number of hydrogen-bond acceptors (Lipinski definition) is 4. The lowest BCUT2D eigenvalue weighted by Crippen LogP contribution is -2.43. The molecular formula is C26H29N5O3. The van der Waals surface area contributed by atoms with Crippen molar-refractivity contribution >= 4 is 34.3 Å². The maximum atomic E-state index is 12.9. The van der Waals surface area contributed by atoms with Gasteiger partial charge in [0, 0.05) is 46.2 Å². The van der Waals surface area contributed by atoms with Crippen LogP contribution in [0.25, 0.3) is 10.9 Å². The van der Waals surface area contributed by atoms with Crippen LogP contribution in [0.1, 0.15) is 62.5 Å². The van der Waals surface area contributed by atoms with Gasteiger partial charge >= 0.3 is 0 Å². The number of aromatic amines is 1. The van der Waals surface area contributed by atoms with Crippen LogP contribution in [-0.2, 0) is 0 Å². The molecule has 0 radical (unpaired) electrons. The molecular weight excluding hydrogens is 430 g/mol. The van der Waals surface area contributed by atoms with Crippen LogP contribution < -0.4 is 16.0 Å². The van der Waals surface area contributed by atoms with Crippen molar-refractivity contribution in [2.45, 2.75) is 31.7 Å². The van der Waals surface area contributed by atoms with Crippen LogP contribution in [0.3, 0.4) is 0 Å². The van der Waals surface area contributed by atoms with E-state index in [1.807, 2.05) is 12.1 Å². The number of carbonyl (C=O) groups is 3. The minimum absolute atomic E-state index is 0.0896. The Bertz CT molecular complexity index is 1260. The first kappa shape index (κ1) is 22.2. The quantitative estimate of drug-likeness (QED) is 0.481. The Morgan fingerprint density at radius 3 is 2.44 bits per heavy atom. The lowest BCUT2D eigenvalue weighted by Gasteiger charge is -2.29. The van der Waals surface area contributed by atoms with Crippen LogP contribution in [0.4, 0.5) is 5.69 Å². The third-order valence-electron chi connectivity index (χ3n) is 6.85. The fraction of sp³-hybridized carbons (Fsp3) is 0.346. The molecule has 3 heterocycles. The predicted octanol–water partition coefficient (Wildman–Crippen LogP) is 3.09. The fourth-order valence-electron chi connectivity index (χ4n) is 4.81. The van der Waals surface area contributed by atoms with Crippen LogP contribution in [0.2, 0.25) is 0 Å². The number of anilines is 1. The maximum Gasteiger partial charge on any atom is 0.268 e. The highest BCUT2D eigenvalue weighted by atomic mass is 16.2. The number of nitrogens with zero attached hydrogens (tertiary/aromatic N) is 1. The van der Waals surface area contributed by atoms with Crippen molar-refractivity contribution in [3.8, 4) is 0 Å². The Labute approximate surface area is 198 Å². The summed E-state index contributed by atoms with van der Waals surface area (Å²) in [5, 5.41) is 9.78. The van der Waals surface area contributed by atoms with E-state index in [4.69, 9.17) is 0 Å². The van der Waals surface area contributed by atoms with Gasteiger partial charge in [0.15, 0.2) is 0 Å². The molecule has 2 aliphatic heterocycles. The molecule has 0 bridgehead atoms. The molecule has 0 saturated carbocycles. The zero-order valence-electron chi connectivity index (χ0n) is 19.4. The first-order chi connectivity index (χ1) is 16.4. The van der Waals surface area contributed by atoms with Gasteiger partial charge < -0.3 is 25.8 Å². The largest absolute Gasteiger partial charge is 0.350 e. The average molecular weight is 460 g/mol. The van der Waals surface area contributed by atoms with Crippen LogP contribution in [0.5, 0.6) is 0 Å². The monoisotopic (exact) mass is 459 g/mol. The molecule has 3 amide bonds. The molecule has 5 rings (SSSR count). The van der Waals surface area contributed by atoms with Gasteiger partial charge in [-0.1, -0.05) is 6.92 Å². The van der Waals surface area contributed by atoms with Crippen LogP contribution in [0.15, 0.2) is 42.5 Å². The summed E-state index contributed by atoms with van der Waals surface area (Å²) in [4.78, 5) is 43.1. The van der Waals surface area contributed by atoms with E-state index in [9.17, 15) is 14.4 Å². The lowest BCUT2D eigenvalue weighted by molar-refractivity contribution is 0.0914. The van der Waals surface area contributed by atoms with Gasteiger partial charge in [-0.2, -0.15) is 0 Å². The SMILES string of the molecule is CC1CNC(=O)c2[nH]c3ccc(C(=O)Nc4ccc(C(=O)NC5CCN(C)CC5)cc4)cc3c21. The molecule has 2 aliphatic rings. The second kappa shape index (κ2) is 8.95. The number of nitrogens with one attached hydrogen (secondary N) is 4. The summed E-state index contributed by atoms with van der Waals surface area (Å²) < 4.78 is 0. The van der Waals surface area contributed by atoms with E-state index in [-0.39, 0.29) is 29.7 Å². The molecule has 1 saturated heterocycles. The normalized spacial score (nSPS) is 18.9. The molecule has 176 valence electrons. The number of aromatic nitrogens is 1. The number of amides is 3. The van der Waals surface area contributed by atoms with E-state index in [2.05, 4.69) is 39.8 Å². The van der Waals surface area contributed by atoms with E-state index < -0.39 is 0 Å². The molecule has 0 aliphatic carbocycles. The van der Waals surface area contributed by atoms with Gasteiger partial charge in [0.2, 0.25) is 0 Å². The van der Waals surface area contributed by atoms with Gasteiger partial charge in [0.1, 0.15) is 5.69 Å². The van der Waals surface area contributed by atoms with E-state index in [1.165, 1.54) is 0 Å². The zero-order chi connectivity index (χ0) is 23.8. The number of H-pyrrole nitrogens is 1. The number of piperidine rings is 1. The van der Waals surface area contributed by atoms with Crippen molar-refractivity contribution < 1.29 is 14.4 Å². The Morgan fingerprint density at radius 2 is 1.71 bits per heavy atom. The van der Waals surface area contributed by atoms with Crippen molar-refractivity contribution in [1.82, 2.24) is 20.5 Å². The van der Waals surface area contributed by atoms with Crippen molar-refractivity contribution in [3.05, 3.63) is 64.8 Å². The number of carbonyl (C=O) groups excluding carboxylic acids is 3. The predicted molar refractivity (Wildman–Crippen MR) is 131 cm³/mol. The van der Waals surface area contributed by atoms with Gasteiger partial charge in [-0.05, 0) is 81.0 Å². The first-order valence-corrected chi connectivity index (χ1v) is 11.7. The van der Waals surface area contributed by atoms with E-state index in [0.29, 0.717) is 29.1 Å². The smallest absolute Gasteiger partial charge is 0.268 e. The fourth-order valence-corrected chi connectivity index (χ4v) is 4.81. The van der Waals surface area contributed by atoms with Gasteiger partial charge in [-0.15, -0.1) is 0 Å². The van der Waals surface area contributed by atoms with Crippen LogP contribution in [0, 0.1) is 0 Å². The molecule has 4 N–H and O–H groups in total. The molecule has 8 nitrogen and oxygen atoms in total. The molecule has 1 fully saturated rings. The third-order valence-corrected chi connectivity index (χ3v) is 6.85. The summed E-state index contributed by atoms with van der Waals surface area (Å²) in [5.74, 6) is -0.287. The number of benzene rings is 2. The molecule has 1 aromatic heterocycles. The topological polar surface area (TPSA) is 106 Å². The van der Waals surface area contributed by atoms with Gasteiger partial charge in [0.05, 0.1) is 0 Å². The summed E-state index contributed by atoms with van der Waals surface area (Å²) in [6.07, 6.45) is 1.91. The van der Waals surface area contributed by atoms with Crippen LogP contribution >= 0.6 is 0 Å². The zero-order valence-corrected chi connectivity index (χ0v) is 19.4. The van der Waals surface area contributed by atoms with Crippen molar-refractivity contribution in [2.24, 2.45) is 0 Å². The number of likely N-dealkylation sites (tertiary alicyclic amines) is 1. The molecule has 1 atom stereocenters. The molecule has 8 heteroatoms. The van der Waals surface area contributed by atoms with Crippen molar-refractivity contribution in [3.63, 3.8) is 0 Å². The number of fused-ring (bicyclic) bond motifs is 3. The van der Waals surface area contributed by atoms with E-state index in [0.717, 1.165) is 42.4 Å². The highest BCUT2D eigenvalue weighted by Gasteiger charge is 2.27. The van der Waals surface area contributed by atoms with Gasteiger partial charge in [-0.25, -0.2) is 0 Å². The number of rotatable bonds is 4. The van der Waals surface area contributed by atoms with Gasteiger partial charge in [0.25, 0.3) is 17.7 Å². The minimum Gasteiger partial charge on any atom is -0.350 e. The molecule has 2 aromatic carbocycles. The van der Waals surface area contributed by atoms with Gasteiger partial charge in [-0.3, -0.25) is 14.4 Å². The van der Waals surface area contributed by atoms with E-state index in [1.54, 1.807) is 30.3 Å². The van der Waals surface area contributed by atoms with E-state index >= 15 is 0 Å². The molecule has 0 spiro atoms. The second-order valence-corrected chi connectivity index (χ2v) is 9.37. The Morgan fingerprint density at radius 1 is 1.00 bits per heavy atom. The summed E-state index contributed by atoms with van der Waals surface area (Å²) in [6, 6.07) is 12.5. The maximum absolute atomic E-state index is 12.9. The number of hydrogen-bond donors (Lipinski definition) is 4. The molecule has 1 unspecified atom stereocenters. The summed E-state index contributed by atoms with van der Waals surface area (Å²) >= 11 is 0. The highest BCUT2D eigenvalue weighted by Crippen LogP contribution is 2.32. The third kappa shape index (κ3) is 4.28. The van der Waals surface area contributed by atoms with Crippen LogP contribution in [-0.4, -0.2) is 60.3 Å². The Kier molecular flexibility index (Phi) is 5.83. The summed E-state index contributed by atoms with van der Waals surface area (Å²) in [7, 11) is 2.09. The summed E-state index contributed by atoms with van der Waals surface area (Å²) in [6.45, 7) is 4.61. The summed E-state index contributed by atoms with van der Waals surface area (Å²) in [5.41, 5.74) is 4.06. The molecule has 34 heavy (non-hydrogen) atoms. The standard InChI is InChI=1S/C26H29N5O3/c1-15-14-27-26(34)23-22(15)20-13-17(5-8-21(20)30-23)25(33)28-18-6-3-16(4-7-18)24(32)29-19-9-11-31(2)12-10-19/h3-8,13,15,19,30H,9-12,14H2,1-2H3,(H,27,34)(H,28,33)(H,29,32). The lowest BCUT2D eigenvalue weighted by atomic mass is 9.93.